The fourth-order valence-corrected chi connectivity index (χ4v) is 9.15. The van der Waals surface area contributed by atoms with Gasteiger partial charge < -0.3 is 29.9 Å². The number of benzene rings is 2. The van der Waals surface area contributed by atoms with E-state index < -0.39 is 10.2 Å². The maximum Gasteiger partial charge on any atom is 0.409 e. The molecule has 1 atom stereocenters. The van der Waals surface area contributed by atoms with Crippen molar-refractivity contribution >= 4 is 49.9 Å². The molecule has 2 N–H and O–H groups in total. The molecule has 53 heavy (non-hydrogen) atoms. The molecule has 0 aliphatic carbocycles. The maximum absolute atomic E-state index is 12.9. The topological polar surface area (TPSA) is 146 Å². The van der Waals surface area contributed by atoms with E-state index in [2.05, 4.69) is 32.2 Å². The van der Waals surface area contributed by atoms with Gasteiger partial charge in [0.1, 0.15) is 5.75 Å². The van der Waals surface area contributed by atoms with Crippen molar-refractivity contribution in [3.8, 4) is 5.75 Å². The highest BCUT2D eigenvalue weighted by Crippen LogP contribution is 2.27. The van der Waals surface area contributed by atoms with Gasteiger partial charge in [0.2, 0.25) is 5.91 Å². The lowest BCUT2D eigenvalue weighted by Crippen LogP contribution is -2.56. The van der Waals surface area contributed by atoms with Crippen LogP contribution in [0.4, 0.5) is 15.3 Å². The molecule has 3 fully saturated rings. The van der Waals surface area contributed by atoms with Gasteiger partial charge >= 0.3 is 12.1 Å². The van der Waals surface area contributed by atoms with Crippen LogP contribution in [-0.2, 0) is 32.6 Å². The Morgan fingerprint density at radius 2 is 1.55 bits per heavy atom. The monoisotopic (exact) mass is 819 g/mol. The number of carbonyl (C=O) groups is 3. The maximum atomic E-state index is 12.9. The third-order valence-corrected chi connectivity index (χ3v) is 13.4. The highest BCUT2D eigenvalue weighted by molar-refractivity contribution is 9.10. The summed E-state index contributed by atoms with van der Waals surface area (Å²) in [6, 6.07) is 13.8. The number of methoxy groups -OCH3 is 1. The molecule has 2 aromatic carbocycles. The number of amides is 4. The predicted octanol–water partition coefficient (Wildman–Crippen LogP) is 4.06. The molecule has 0 saturated carbocycles. The van der Waals surface area contributed by atoms with E-state index in [9.17, 15) is 27.9 Å². The van der Waals surface area contributed by atoms with Crippen molar-refractivity contribution in [2.75, 3.05) is 85.4 Å². The van der Waals surface area contributed by atoms with E-state index in [1.165, 1.54) is 17.0 Å². The minimum absolute atomic E-state index is 0.0403. The number of nitrogens with zero attached hydrogens (tertiary/aromatic N) is 6. The zero-order valence-electron chi connectivity index (χ0n) is 31.2. The zero-order valence-corrected chi connectivity index (χ0v) is 33.6. The Labute approximate surface area is 322 Å². The first-order chi connectivity index (χ1) is 25.3. The number of piperidine rings is 2. The normalized spacial score (nSPS) is 20.2. The van der Waals surface area contributed by atoms with Gasteiger partial charge in [0, 0.05) is 96.7 Å². The summed E-state index contributed by atoms with van der Waals surface area (Å²) >= 11 is 3.33. The summed E-state index contributed by atoms with van der Waals surface area (Å²) in [6.07, 6.45) is 4.63. The van der Waals surface area contributed by atoms with Crippen molar-refractivity contribution in [3.05, 3.63) is 58.1 Å². The first-order valence-electron chi connectivity index (χ1n) is 18.4. The van der Waals surface area contributed by atoms with Gasteiger partial charge in [0.25, 0.3) is 10.2 Å². The Bertz CT molecular complexity index is 1690. The summed E-state index contributed by atoms with van der Waals surface area (Å²) in [4.78, 5) is 44.9. The molecule has 14 nitrogen and oxygen atoms in total. The number of carbonyl (C=O) groups excluding carboxylic acids is 3. The minimum atomic E-state index is -3.34. The SMILES string of the molecule is COC(=O)N1CCC(N2CCc3ccccc3NC2=O)CC1.C[C@H](Cc1ccc(O)c(Br)c1)C(=O)N1CCC(N2CCN(S(=O)(=O)N(C)C)CC2)CC1. The summed E-state index contributed by atoms with van der Waals surface area (Å²) in [7, 11) is 1.18. The minimum Gasteiger partial charge on any atom is -0.507 e. The lowest BCUT2D eigenvalue weighted by atomic mass is 9.97. The van der Waals surface area contributed by atoms with Crippen molar-refractivity contribution in [2.45, 2.75) is 57.5 Å². The number of anilines is 1. The number of hydrogen-bond acceptors (Lipinski definition) is 8. The number of urea groups is 1. The van der Waals surface area contributed by atoms with Crippen LogP contribution >= 0.6 is 15.9 Å². The smallest absolute Gasteiger partial charge is 0.409 e. The van der Waals surface area contributed by atoms with Crippen LogP contribution in [0.1, 0.15) is 43.7 Å². The van der Waals surface area contributed by atoms with Crippen LogP contribution < -0.4 is 5.32 Å². The van der Waals surface area contributed by atoms with Crippen LogP contribution in [0.2, 0.25) is 0 Å². The van der Waals surface area contributed by atoms with E-state index in [0.29, 0.717) is 49.7 Å². The fourth-order valence-electron chi connectivity index (χ4n) is 7.64. The van der Waals surface area contributed by atoms with Crippen molar-refractivity contribution in [1.29, 1.82) is 0 Å². The molecule has 4 aliphatic rings. The highest BCUT2D eigenvalue weighted by Gasteiger charge is 2.34. The lowest BCUT2D eigenvalue weighted by Gasteiger charge is -2.43. The average Bonchev–Trinajstić information content (AvgIpc) is 3.34. The van der Waals surface area contributed by atoms with Crippen LogP contribution in [0.5, 0.6) is 5.75 Å². The Morgan fingerprint density at radius 3 is 2.17 bits per heavy atom. The summed E-state index contributed by atoms with van der Waals surface area (Å²) in [5.74, 6) is 0.252. The van der Waals surface area contributed by atoms with E-state index in [4.69, 9.17) is 4.74 Å². The van der Waals surface area contributed by atoms with Crippen molar-refractivity contribution in [3.63, 3.8) is 0 Å². The summed E-state index contributed by atoms with van der Waals surface area (Å²) in [5.41, 5.74) is 3.10. The molecule has 292 valence electrons. The van der Waals surface area contributed by atoms with E-state index in [1.807, 2.05) is 47.1 Å². The van der Waals surface area contributed by atoms with Crippen molar-refractivity contribution in [2.24, 2.45) is 5.92 Å². The second-order valence-corrected chi connectivity index (χ2v) is 17.4. The van der Waals surface area contributed by atoms with Gasteiger partial charge in [-0.1, -0.05) is 31.2 Å². The molecule has 0 aromatic heterocycles. The number of likely N-dealkylation sites (tertiary alicyclic amines) is 2. The standard InChI is InChI=1S/C21H33BrN4O4S.C16H21N3O3/c1-16(14-17-4-5-20(27)19(22)15-17)21(28)25-8-6-18(7-9-25)24-10-12-26(13-11-24)31(29,30)23(2)3;1-22-16(21)18-9-7-13(8-10-18)19-11-6-12-4-2-3-5-14(12)17-15(19)20/h4-5,15-16,18,27H,6-14H2,1-3H3;2-5,13H,6-11H2,1H3,(H,17,20)/t16-;/m1./s1. The molecule has 0 bridgehead atoms. The molecule has 0 radical (unpaired) electrons. The second-order valence-electron chi connectivity index (χ2n) is 14.4. The van der Waals surface area contributed by atoms with Crippen LogP contribution in [0.25, 0.3) is 0 Å². The number of ether oxygens (including phenoxy) is 1. The number of halogens is 1. The van der Waals surface area contributed by atoms with Gasteiger partial charge in [-0.3, -0.25) is 9.69 Å². The molecule has 6 rings (SSSR count). The molecule has 0 unspecified atom stereocenters. The molecule has 4 aliphatic heterocycles. The number of piperazine rings is 1. The van der Waals surface area contributed by atoms with E-state index in [-0.39, 0.29) is 35.7 Å². The fraction of sp³-hybridized carbons (Fsp3) is 0.595. The average molecular weight is 821 g/mol. The number of fused-ring (bicyclic) bond motifs is 1. The van der Waals surface area contributed by atoms with Crippen molar-refractivity contribution < 1.29 is 32.6 Å². The molecular formula is C37H54BrN7O7S. The first-order valence-corrected chi connectivity index (χ1v) is 20.6. The first kappa shape index (κ1) is 40.7. The Kier molecular flexibility index (Phi) is 14.0. The van der Waals surface area contributed by atoms with Crippen LogP contribution in [0.3, 0.4) is 0 Å². The number of nitrogens with one attached hydrogen (secondary N) is 1. The summed E-state index contributed by atoms with van der Waals surface area (Å²) < 4.78 is 32.8. The predicted molar refractivity (Wildman–Crippen MR) is 207 cm³/mol. The third-order valence-electron chi connectivity index (χ3n) is 10.8. The van der Waals surface area contributed by atoms with E-state index >= 15 is 0 Å². The van der Waals surface area contributed by atoms with Crippen molar-refractivity contribution in [1.82, 2.24) is 28.2 Å². The van der Waals surface area contributed by atoms with Gasteiger partial charge in [0.15, 0.2) is 0 Å². The van der Waals surface area contributed by atoms with Crippen LogP contribution in [0.15, 0.2) is 46.9 Å². The number of phenolic OH excluding ortho intramolecular Hbond substituents is 1. The number of aromatic hydroxyl groups is 1. The van der Waals surface area contributed by atoms with Gasteiger partial charge in [-0.2, -0.15) is 17.0 Å². The van der Waals surface area contributed by atoms with Crippen LogP contribution in [-0.4, -0.2) is 152 Å². The molecule has 0 spiro atoms. The Hall–Kier alpha value is -3.44. The van der Waals surface area contributed by atoms with E-state index in [0.717, 1.165) is 69.5 Å². The van der Waals surface area contributed by atoms with Gasteiger partial charge in [0.05, 0.1) is 11.6 Å². The third kappa shape index (κ3) is 10.2. The molecule has 2 aromatic rings. The summed E-state index contributed by atoms with van der Waals surface area (Å²) in [6.45, 7) is 7.91. The molecular weight excluding hydrogens is 766 g/mol. The highest BCUT2D eigenvalue weighted by atomic mass is 79.9. The quantitative estimate of drug-likeness (QED) is 0.426. The van der Waals surface area contributed by atoms with Gasteiger partial charge in [-0.15, -0.1) is 0 Å². The zero-order chi connectivity index (χ0) is 38.3. The Morgan fingerprint density at radius 1 is 0.925 bits per heavy atom. The van der Waals surface area contributed by atoms with Gasteiger partial charge in [-0.05, 0) is 83.8 Å². The second kappa shape index (κ2) is 18.3. The lowest BCUT2D eigenvalue weighted by molar-refractivity contribution is -0.136. The summed E-state index contributed by atoms with van der Waals surface area (Å²) in [5, 5.41) is 12.6. The van der Waals surface area contributed by atoms with Crippen LogP contribution in [0, 0.1) is 5.92 Å². The number of para-hydroxylation sites is 1. The molecule has 3 saturated heterocycles. The number of rotatable bonds is 7. The largest absolute Gasteiger partial charge is 0.507 e. The Balaban J connectivity index is 0.000000216. The molecule has 16 heteroatoms. The van der Waals surface area contributed by atoms with Gasteiger partial charge in [-0.25, -0.2) is 9.59 Å². The molecule has 4 heterocycles. The van der Waals surface area contributed by atoms with E-state index in [1.54, 1.807) is 29.4 Å². The number of hydrogen-bond donors (Lipinski definition) is 2. The number of phenols is 1. The molecule has 4 amide bonds.